The van der Waals surface area contributed by atoms with Crippen LogP contribution in [-0.2, 0) is 4.79 Å². The number of carbonyl (C=O) groups is 2. The first-order valence-corrected chi connectivity index (χ1v) is 10.8. The quantitative estimate of drug-likeness (QED) is 0.681. The van der Waals surface area contributed by atoms with E-state index in [0.717, 1.165) is 5.56 Å². The fourth-order valence-corrected chi connectivity index (χ4v) is 4.13. The Bertz CT molecular complexity index is 959. The van der Waals surface area contributed by atoms with Gasteiger partial charge in [-0.1, -0.05) is 32.0 Å². The summed E-state index contributed by atoms with van der Waals surface area (Å²) in [5, 5.41) is 3.04. The molecule has 1 saturated heterocycles. The van der Waals surface area contributed by atoms with E-state index in [1.165, 1.54) is 0 Å². The van der Waals surface area contributed by atoms with E-state index in [0.29, 0.717) is 48.4 Å². The molecule has 1 fully saturated rings. The van der Waals surface area contributed by atoms with E-state index in [1.807, 2.05) is 18.2 Å². The summed E-state index contributed by atoms with van der Waals surface area (Å²) in [6.45, 7) is 5.41. The highest BCUT2D eigenvalue weighted by Gasteiger charge is 2.42. The molecule has 0 spiro atoms. The van der Waals surface area contributed by atoms with E-state index in [2.05, 4.69) is 19.2 Å². The van der Waals surface area contributed by atoms with E-state index in [1.54, 1.807) is 50.5 Å². The molecule has 0 aliphatic carbocycles. The van der Waals surface area contributed by atoms with E-state index in [9.17, 15) is 9.59 Å². The second-order valence-corrected chi connectivity index (χ2v) is 8.38. The molecular formula is C25H32N2O5. The van der Waals surface area contributed by atoms with Gasteiger partial charge in [0.05, 0.1) is 27.2 Å². The van der Waals surface area contributed by atoms with Gasteiger partial charge in [-0.15, -0.1) is 0 Å². The minimum Gasteiger partial charge on any atom is -0.497 e. The molecule has 1 N–H and O–H groups in total. The molecule has 0 aromatic heterocycles. The van der Waals surface area contributed by atoms with Gasteiger partial charge in [0.2, 0.25) is 5.91 Å². The van der Waals surface area contributed by atoms with Gasteiger partial charge in [0.25, 0.3) is 5.91 Å². The summed E-state index contributed by atoms with van der Waals surface area (Å²) in [7, 11) is 4.74. The van der Waals surface area contributed by atoms with Gasteiger partial charge in [-0.25, -0.2) is 0 Å². The number of amides is 2. The van der Waals surface area contributed by atoms with Crippen molar-refractivity contribution in [1.29, 1.82) is 0 Å². The SMILES string of the molecule is COc1cccc(C(=O)N2C[C@@H](C(=O)NCC(C)C)[C@H](c3cccc(OC)c3OC)C2)c1. The summed E-state index contributed by atoms with van der Waals surface area (Å²) < 4.78 is 16.4. The summed E-state index contributed by atoms with van der Waals surface area (Å²) in [6.07, 6.45) is 0. The van der Waals surface area contributed by atoms with Crippen molar-refractivity contribution in [3.63, 3.8) is 0 Å². The molecule has 32 heavy (non-hydrogen) atoms. The fourth-order valence-electron chi connectivity index (χ4n) is 4.13. The molecule has 2 aromatic rings. The van der Waals surface area contributed by atoms with Gasteiger partial charge >= 0.3 is 0 Å². The minimum absolute atomic E-state index is 0.0606. The average Bonchev–Trinajstić information content (AvgIpc) is 3.26. The number of hydrogen-bond donors (Lipinski definition) is 1. The van der Waals surface area contributed by atoms with Crippen LogP contribution < -0.4 is 19.5 Å². The van der Waals surface area contributed by atoms with Crippen LogP contribution in [0.1, 0.15) is 35.7 Å². The normalized spacial score (nSPS) is 17.9. The molecule has 0 radical (unpaired) electrons. The zero-order valence-electron chi connectivity index (χ0n) is 19.4. The zero-order chi connectivity index (χ0) is 23.3. The second-order valence-electron chi connectivity index (χ2n) is 8.38. The van der Waals surface area contributed by atoms with E-state index in [4.69, 9.17) is 14.2 Å². The van der Waals surface area contributed by atoms with Crippen LogP contribution in [0.5, 0.6) is 17.2 Å². The first-order valence-electron chi connectivity index (χ1n) is 10.8. The van der Waals surface area contributed by atoms with Crippen molar-refractivity contribution in [3.8, 4) is 17.2 Å². The number of hydrogen-bond acceptors (Lipinski definition) is 5. The predicted molar refractivity (Wildman–Crippen MR) is 123 cm³/mol. The number of para-hydroxylation sites is 1. The molecule has 0 bridgehead atoms. The first-order chi connectivity index (χ1) is 15.4. The number of nitrogens with one attached hydrogen (secondary N) is 1. The topological polar surface area (TPSA) is 77.1 Å². The van der Waals surface area contributed by atoms with Gasteiger partial charge in [0.15, 0.2) is 11.5 Å². The van der Waals surface area contributed by atoms with Crippen LogP contribution in [-0.4, -0.2) is 57.7 Å². The zero-order valence-corrected chi connectivity index (χ0v) is 19.4. The Morgan fingerprint density at radius 2 is 1.78 bits per heavy atom. The lowest BCUT2D eigenvalue weighted by molar-refractivity contribution is -0.125. The van der Waals surface area contributed by atoms with Crippen molar-refractivity contribution in [2.45, 2.75) is 19.8 Å². The summed E-state index contributed by atoms with van der Waals surface area (Å²) in [6, 6.07) is 12.7. The highest BCUT2D eigenvalue weighted by atomic mass is 16.5. The van der Waals surface area contributed by atoms with Crippen LogP contribution in [0.15, 0.2) is 42.5 Å². The number of carbonyl (C=O) groups excluding carboxylic acids is 2. The number of methoxy groups -OCH3 is 3. The lowest BCUT2D eigenvalue weighted by Crippen LogP contribution is -2.37. The molecule has 2 atom stereocenters. The van der Waals surface area contributed by atoms with E-state index < -0.39 is 5.92 Å². The number of nitrogens with zero attached hydrogens (tertiary/aromatic N) is 1. The number of ether oxygens (including phenoxy) is 3. The monoisotopic (exact) mass is 440 g/mol. The van der Waals surface area contributed by atoms with Crippen LogP contribution in [0.3, 0.4) is 0 Å². The van der Waals surface area contributed by atoms with Crippen molar-refractivity contribution in [2.24, 2.45) is 11.8 Å². The van der Waals surface area contributed by atoms with Crippen molar-refractivity contribution in [3.05, 3.63) is 53.6 Å². The molecule has 7 nitrogen and oxygen atoms in total. The Labute approximate surface area is 189 Å². The molecule has 2 aromatic carbocycles. The lowest BCUT2D eigenvalue weighted by Gasteiger charge is -2.22. The van der Waals surface area contributed by atoms with Gasteiger partial charge in [0.1, 0.15) is 5.75 Å². The molecule has 1 heterocycles. The number of likely N-dealkylation sites (tertiary alicyclic amines) is 1. The highest BCUT2D eigenvalue weighted by molar-refractivity contribution is 5.95. The summed E-state index contributed by atoms with van der Waals surface area (Å²) in [5.74, 6) is 1.34. The van der Waals surface area contributed by atoms with Gasteiger partial charge in [-0.3, -0.25) is 9.59 Å². The van der Waals surface area contributed by atoms with Gasteiger partial charge in [0, 0.05) is 36.7 Å². The minimum atomic E-state index is -0.399. The highest BCUT2D eigenvalue weighted by Crippen LogP contribution is 2.42. The first kappa shape index (κ1) is 23.4. The Balaban J connectivity index is 1.94. The Morgan fingerprint density at radius 1 is 1.03 bits per heavy atom. The summed E-state index contributed by atoms with van der Waals surface area (Å²) in [4.78, 5) is 28.2. The fraction of sp³-hybridized carbons (Fsp3) is 0.440. The molecular weight excluding hydrogens is 408 g/mol. The van der Waals surface area contributed by atoms with E-state index >= 15 is 0 Å². The molecule has 3 rings (SSSR count). The molecule has 172 valence electrons. The molecule has 1 aliphatic heterocycles. The van der Waals surface area contributed by atoms with Crippen LogP contribution in [0.2, 0.25) is 0 Å². The molecule has 7 heteroatoms. The maximum atomic E-state index is 13.3. The van der Waals surface area contributed by atoms with Crippen LogP contribution in [0.4, 0.5) is 0 Å². The van der Waals surface area contributed by atoms with Crippen LogP contribution in [0, 0.1) is 11.8 Å². The third kappa shape index (κ3) is 4.98. The molecule has 1 aliphatic rings. The van der Waals surface area contributed by atoms with Gasteiger partial charge < -0.3 is 24.4 Å². The number of rotatable bonds is 8. The third-order valence-corrected chi connectivity index (χ3v) is 5.78. The van der Waals surface area contributed by atoms with Crippen LogP contribution >= 0.6 is 0 Å². The smallest absolute Gasteiger partial charge is 0.254 e. The molecule has 0 unspecified atom stereocenters. The maximum Gasteiger partial charge on any atom is 0.254 e. The summed E-state index contributed by atoms with van der Waals surface area (Å²) in [5.41, 5.74) is 1.39. The Hall–Kier alpha value is -3.22. The Morgan fingerprint density at radius 3 is 2.44 bits per heavy atom. The second kappa shape index (κ2) is 10.4. The Kier molecular flexibility index (Phi) is 7.62. The summed E-state index contributed by atoms with van der Waals surface area (Å²) >= 11 is 0. The average molecular weight is 441 g/mol. The van der Waals surface area contributed by atoms with Crippen molar-refractivity contribution in [1.82, 2.24) is 10.2 Å². The molecule has 2 amide bonds. The van der Waals surface area contributed by atoms with Gasteiger partial charge in [-0.2, -0.15) is 0 Å². The maximum absolute atomic E-state index is 13.3. The van der Waals surface area contributed by atoms with Crippen molar-refractivity contribution < 1.29 is 23.8 Å². The molecule has 0 saturated carbocycles. The predicted octanol–water partition coefficient (Wildman–Crippen LogP) is 3.34. The largest absolute Gasteiger partial charge is 0.497 e. The third-order valence-electron chi connectivity index (χ3n) is 5.78. The van der Waals surface area contributed by atoms with Crippen LogP contribution in [0.25, 0.3) is 0 Å². The van der Waals surface area contributed by atoms with Crippen molar-refractivity contribution >= 4 is 11.8 Å². The number of benzene rings is 2. The van der Waals surface area contributed by atoms with E-state index in [-0.39, 0.29) is 17.7 Å². The standard InChI is InChI=1S/C25H32N2O5/c1-16(2)13-26-24(28)21-15-27(25(29)17-8-6-9-18(12-17)30-3)14-20(21)19-10-7-11-22(31-4)23(19)32-5/h6-12,16,20-21H,13-15H2,1-5H3,(H,26,28)/t20-,21+/m0/s1. The lowest BCUT2D eigenvalue weighted by atomic mass is 9.87. The van der Waals surface area contributed by atoms with Crippen molar-refractivity contribution in [2.75, 3.05) is 41.0 Å². The van der Waals surface area contributed by atoms with Gasteiger partial charge in [-0.05, 0) is 30.2 Å².